The minimum atomic E-state index is 0.183. The summed E-state index contributed by atoms with van der Waals surface area (Å²) in [5, 5.41) is 4.03. The minimum absolute atomic E-state index is 0.183. The van der Waals surface area contributed by atoms with Gasteiger partial charge in [-0.05, 0) is 26.7 Å². The van der Waals surface area contributed by atoms with Crippen LogP contribution >= 0.6 is 11.6 Å². The van der Waals surface area contributed by atoms with E-state index in [-0.39, 0.29) is 5.54 Å². The van der Waals surface area contributed by atoms with E-state index >= 15 is 0 Å². The summed E-state index contributed by atoms with van der Waals surface area (Å²) in [6.45, 7) is 4.19. The van der Waals surface area contributed by atoms with Gasteiger partial charge in [-0.15, -0.1) is 0 Å². The molecule has 0 aromatic carbocycles. The van der Waals surface area contributed by atoms with Crippen molar-refractivity contribution in [3.8, 4) is 0 Å². The van der Waals surface area contributed by atoms with Crippen LogP contribution in [-0.2, 0) is 0 Å². The first-order valence-corrected chi connectivity index (χ1v) is 5.74. The summed E-state index contributed by atoms with van der Waals surface area (Å²) in [4.78, 5) is 8.19. The standard InChI is InChI=1S/C11H16ClN3/c1-8-9(12)13-7-14-10(8)15-11(2)5-3-4-6-11/h7H,3-6H2,1-2H3,(H,13,14,15). The van der Waals surface area contributed by atoms with E-state index in [0.717, 1.165) is 11.4 Å². The van der Waals surface area contributed by atoms with Crippen LogP contribution in [0.15, 0.2) is 6.33 Å². The number of aromatic nitrogens is 2. The fourth-order valence-corrected chi connectivity index (χ4v) is 2.25. The van der Waals surface area contributed by atoms with Crippen molar-refractivity contribution in [2.45, 2.75) is 45.1 Å². The molecule has 0 unspecified atom stereocenters. The Balaban J connectivity index is 2.20. The second-order valence-electron chi connectivity index (χ2n) is 4.53. The highest BCUT2D eigenvalue weighted by molar-refractivity contribution is 6.30. The molecule has 4 heteroatoms. The fraction of sp³-hybridized carbons (Fsp3) is 0.636. The highest BCUT2D eigenvalue weighted by atomic mass is 35.5. The molecule has 1 aromatic rings. The topological polar surface area (TPSA) is 37.8 Å². The molecule has 1 aromatic heterocycles. The third-order valence-corrected chi connectivity index (χ3v) is 3.53. The van der Waals surface area contributed by atoms with Crippen LogP contribution in [0.2, 0.25) is 5.15 Å². The zero-order chi connectivity index (χ0) is 10.9. The van der Waals surface area contributed by atoms with E-state index < -0.39 is 0 Å². The maximum Gasteiger partial charge on any atom is 0.137 e. The molecule has 0 atom stereocenters. The van der Waals surface area contributed by atoms with Crippen molar-refractivity contribution < 1.29 is 0 Å². The molecule has 15 heavy (non-hydrogen) atoms. The lowest BCUT2D eigenvalue weighted by molar-refractivity contribution is 0.530. The lowest BCUT2D eigenvalue weighted by Gasteiger charge is -2.26. The molecular weight excluding hydrogens is 210 g/mol. The first kappa shape index (κ1) is 10.7. The highest BCUT2D eigenvalue weighted by Crippen LogP contribution is 2.33. The fourth-order valence-electron chi connectivity index (χ4n) is 2.12. The number of halogens is 1. The molecule has 1 aliphatic rings. The lowest BCUT2D eigenvalue weighted by atomic mass is 10.0. The normalized spacial score (nSPS) is 19.1. The molecule has 2 rings (SSSR count). The average Bonchev–Trinajstić information content (AvgIpc) is 2.60. The van der Waals surface area contributed by atoms with Crippen LogP contribution in [0.4, 0.5) is 5.82 Å². The molecule has 1 aliphatic carbocycles. The number of hydrogen-bond acceptors (Lipinski definition) is 3. The van der Waals surface area contributed by atoms with Gasteiger partial charge in [0.1, 0.15) is 17.3 Å². The molecule has 1 fully saturated rings. The molecule has 0 radical (unpaired) electrons. The molecular formula is C11H16ClN3. The van der Waals surface area contributed by atoms with Gasteiger partial charge in [-0.2, -0.15) is 0 Å². The van der Waals surface area contributed by atoms with E-state index in [1.54, 1.807) is 0 Å². The number of anilines is 1. The molecule has 3 nitrogen and oxygen atoms in total. The minimum Gasteiger partial charge on any atom is -0.365 e. The van der Waals surface area contributed by atoms with E-state index in [2.05, 4.69) is 22.2 Å². The van der Waals surface area contributed by atoms with Crippen LogP contribution in [0.1, 0.15) is 38.2 Å². The van der Waals surface area contributed by atoms with Crippen LogP contribution < -0.4 is 5.32 Å². The Kier molecular flexibility index (Phi) is 2.83. The Bertz CT molecular complexity index is 359. The Hall–Kier alpha value is -0.830. The predicted molar refractivity (Wildman–Crippen MR) is 62.3 cm³/mol. The summed E-state index contributed by atoms with van der Waals surface area (Å²) in [7, 11) is 0. The second kappa shape index (κ2) is 3.97. The van der Waals surface area contributed by atoms with Gasteiger partial charge in [-0.3, -0.25) is 0 Å². The van der Waals surface area contributed by atoms with E-state index in [4.69, 9.17) is 11.6 Å². The summed E-state index contributed by atoms with van der Waals surface area (Å²) >= 11 is 5.95. The monoisotopic (exact) mass is 225 g/mol. The van der Waals surface area contributed by atoms with Crippen LogP contribution in [0.3, 0.4) is 0 Å². The van der Waals surface area contributed by atoms with Crippen molar-refractivity contribution in [2.75, 3.05) is 5.32 Å². The number of rotatable bonds is 2. The summed E-state index contributed by atoms with van der Waals surface area (Å²) in [5.74, 6) is 0.874. The molecule has 0 aliphatic heterocycles. The summed E-state index contributed by atoms with van der Waals surface area (Å²) in [5.41, 5.74) is 1.12. The van der Waals surface area contributed by atoms with Gasteiger partial charge in [0.15, 0.2) is 0 Å². The number of nitrogens with one attached hydrogen (secondary N) is 1. The maximum atomic E-state index is 5.95. The van der Waals surface area contributed by atoms with Gasteiger partial charge in [0.2, 0.25) is 0 Å². The third kappa shape index (κ3) is 2.23. The summed E-state index contributed by atoms with van der Waals surface area (Å²) < 4.78 is 0. The largest absolute Gasteiger partial charge is 0.365 e. The Labute approximate surface area is 95.3 Å². The average molecular weight is 226 g/mol. The molecule has 1 heterocycles. The van der Waals surface area contributed by atoms with E-state index in [0.29, 0.717) is 5.15 Å². The van der Waals surface area contributed by atoms with Gasteiger partial charge < -0.3 is 5.32 Å². The van der Waals surface area contributed by atoms with Crippen LogP contribution in [0.5, 0.6) is 0 Å². The summed E-state index contributed by atoms with van der Waals surface area (Å²) in [6.07, 6.45) is 6.50. The van der Waals surface area contributed by atoms with Crippen molar-refractivity contribution in [2.24, 2.45) is 0 Å². The Morgan fingerprint density at radius 2 is 2.00 bits per heavy atom. The number of hydrogen-bond donors (Lipinski definition) is 1. The summed E-state index contributed by atoms with van der Waals surface area (Å²) in [6, 6.07) is 0. The van der Waals surface area contributed by atoms with Gasteiger partial charge >= 0.3 is 0 Å². The van der Waals surface area contributed by atoms with Gasteiger partial charge in [0.05, 0.1) is 0 Å². The van der Waals surface area contributed by atoms with E-state index in [1.165, 1.54) is 32.0 Å². The van der Waals surface area contributed by atoms with Crippen molar-refractivity contribution >= 4 is 17.4 Å². The Morgan fingerprint density at radius 3 is 2.67 bits per heavy atom. The quantitative estimate of drug-likeness (QED) is 0.786. The zero-order valence-electron chi connectivity index (χ0n) is 9.18. The van der Waals surface area contributed by atoms with Crippen molar-refractivity contribution in [3.63, 3.8) is 0 Å². The third-order valence-electron chi connectivity index (χ3n) is 3.15. The van der Waals surface area contributed by atoms with Crippen molar-refractivity contribution in [1.82, 2.24) is 9.97 Å². The molecule has 1 N–H and O–H groups in total. The molecule has 82 valence electrons. The first-order valence-electron chi connectivity index (χ1n) is 5.36. The number of nitrogens with zero attached hydrogens (tertiary/aromatic N) is 2. The van der Waals surface area contributed by atoms with Gasteiger partial charge in [0, 0.05) is 11.1 Å². The first-order chi connectivity index (χ1) is 7.11. The Morgan fingerprint density at radius 1 is 1.33 bits per heavy atom. The maximum absolute atomic E-state index is 5.95. The van der Waals surface area contributed by atoms with Gasteiger partial charge in [-0.25, -0.2) is 9.97 Å². The van der Waals surface area contributed by atoms with Crippen LogP contribution in [0, 0.1) is 6.92 Å². The molecule has 0 spiro atoms. The van der Waals surface area contributed by atoms with Crippen LogP contribution in [-0.4, -0.2) is 15.5 Å². The smallest absolute Gasteiger partial charge is 0.137 e. The van der Waals surface area contributed by atoms with E-state index in [1.807, 2.05) is 6.92 Å². The lowest BCUT2D eigenvalue weighted by Crippen LogP contribution is -2.31. The molecule has 0 saturated heterocycles. The van der Waals surface area contributed by atoms with Gasteiger partial charge in [0.25, 0.3) is 0 Å². The van der Waals surface area contributed by atoms with E-state index in [9.17, 15) is 0 Å². The van der Waals surface area contributed by atoms with Crippen LogP contribution in [0.25, 0.3) is 0 Å². The molecule has 0 bridgehead atoms. The molecule has 1 saturated carbocycles. The van der Waals surface area contributed by atoms with Crippen molar-refractivity contribution in [1.29, 1.82) is 0 Å². The predicted octanol–water partition coefficient (Wildman–Crippen LogP) is 3.18. The van der Waals surface area contributed by atoms with Crippen molar-refractivity contribution in [3.05, 3.63) is 17.0 Å². The van der Waals surface area contributed by atoms with Gasteiger partial charge in [-0.1, -0.05) is 24.4 Å². The second-order valence-corrected chi connectivity index (χ2v) is 4.89. The zero-order valence-corrected chi connectivity index (χ0v) is 9.93. The SMILES string of the molecule is Cc1c(Cl)ncnc1NC1(C)CCCC1. The highest BCUT2D eigenvalue weighted by Gasteiger charge is 2.29. The molecule has 0 amide bonds.